The molecule has 216 valence electrons. The van der Waals surface area contributed by atoms with Crippen LogP contribution in [0, 0.1) is 0 Å². The largest absolute Gasteiger partial charge is 0.447 e. The fourth-order valence-corrected chi connectivity index (χ4v) is 6.13. The molecule has 0 saturated carbocycles. The lowest BCUT2D eigenvalue weighted by Gasteiger charge is -2.38. The first kappa shape index (κ1) is 30.1. The normalized spacial score (nSPS) is 19.0. The molecule has 11 nitrogen and oxygen atoms in total. The van der Waals surface area contributed by atoms with E-state index in [0.29, 0.717) is 28.7 Å². The number of hydrogen-bond acceptors (Lipinski definition) is 8. The van der Waals surface area contributed by atoms with Gasteiger partial charge in [-0.1, -0.05) is 11.6 Å². The van der Waals surface area contributed by atoms with Crippen LogP contribution in [0.15, 0.2) is 24.3 Å². The number of halogens is 2. The average Bonchev–Trinajstić information content (AvgIpc) is 3.53. The van der Waals surface area contributed by atoms with Crippen molar-refractivity contribution in [2.45, 2.75) is 31.5 Å². The molecule has 2 unspecified atom stereocenters. The highest BCUT2D eigenvalue weighted by atomic mass is 35.5. The summed E-state index contributed by atoms with van der Waals surface area (Å²) in [6, 6.07) is 6.13. The summed E-state index contributed by atoms with van der Waals surface area (Å²) in [6.07, 6.45) is 0.742. The maximum absolute atomic E-state index is 13.3. The Kier molecular flexibility index (Phi) is 9.90. The Morgan fingerprint density at radius 3 is 2.75 bits per heavy atom. The molecule has 2 aromatic heterocycles. The standard InChI is InChI=1S/C26H31ClN6O5S.ClH/c1-32-7-5-19-22(14-32)39-25(31-19)24(35)30-21-13-33(26(36)38-10-9-37-2)8-6-18(21)29-23(34)20-12-15-11-16(27)3-4-17(15)28-20;/h3-4,11-12,18,21,28H,5-10,13-14H2,1-2H3,(H,29,34)(H,30,35);1H. The minimum absolute atomic E-state index is 0. The zero-order valence-electron chi connectivity index (χ0n) is 22.2. The first-order chi connectivity index (χ1) is 18.8. The molecule has 0 spiro atoms. The second kappa shape index (κ2) is 13.2. The number of amides is 3. The maximum atomic E-state index is 13.3. The van der Waals surface area contributed by atoms with Gasteiger partial charge in [0.25, 0.3) is 11.8 Å². The van der Waals surface area contributed by atoms with Crippen LogP contribution in [0.4, 0.5) is 4.79 Å². The third kappa shape index (κ3) is 6.87. The number of fused-ring (bicyclic) bond motifs is 2. The number of piperidine rings is 1. The summed E-state index contributed by atoms with van der Waals surface area (Å²) in [7, 11) is 3.57. The molecule has 1 aromatic carbocycles. The number of hydrogen-bond donors (Lipinski definition) is 3. The summed E-state index contributed by atoms with van der Waals surface area (Å²) in [5.41, 5.74) is 2.14. The predicted octanol–water partition coefficient (Wildman–Crippen LogP) is 3.07. The molecular weight excluding hydrogens is 579 g/mol. The zero-order valence-corrected chi connectivity index (χ0v) is 24.6. The summed E-state index contributed by atoms with van der Waals surface area (Å²) in [4.78, 5) is 51.6. The molecule has 1 fully saturated rings. The van der Waals surface area contributed by atoms with Crippen molar-refractivity contribution in [1.82, 2.24) is 30.4 Å². The number of likely N-dealkylation sites (N-methyl/N-ethyl adjacent to an activating group) is 1. The van der Waals surface area contributed by atoms with E-state index < -0.39 is 18.2 Å². The van der Waals surface area contributed by atoms with Crippen molar-refractivity contribution < 1.29 is 23.9 Å². The number of nitrogens with one attached hydrogen (secondary N) is 3. The molecule has 3 N–H and O–H groups in total. The van der Waals surface area contributed by atoms with Gasteiger partial charge in [0.2, 0.25) is 0 Å². The molecule has 3 aromatic rings. The van der Waals surface area contributed by atoms with Crippen LogP contribution < -0.4 is 10.6 Å². The van der Waals surface area contributed by atoms with Crippen molar-refractivity contribution in [3.63, 3.8) is 0 Å². The zero-order chi connectivity index (χ0) is 27.5. The lowest BCUT2D eigenvalue weighted by atomic mass is 9.99. The third-order valence-corrected chi connectivity index (χ3v) is 8.28. The number of aromatic nitrogens is 2. The van der Waals surface area contributed by atoms with Crippen molar-refractivity contribution in [3.8, 4) is 0 Å². The average molecular weight is 612 g/mol. The number of H-pyrrole nitrogens is 1. The molecule has 2 atom stereocenters. The Bertz CT molecular complexity index is 1380. The van der Waals surface area contributed by atoms with Crippen molar-refractivity contribution >= 4 is 64.2 Å². The van der Waals surface area contributed by atoms with Crippen LogP contribution in [0.1, 0.15) is 37.3 Å². The van der Waals surface area contributed by atoms with Gasteiger partial charge in [-0.15, -0.1) is 23.7 Å². The van der Waals surface area contributed by atoms with Gasteiger partial charge >= 0.3 is 6.09 Å². The Balaban J connectivity index is 0.00000370. The minimum atomic E-state index is -0.549. The molecular formula is C26H32Cl2N6O5S. The van der Waals surface area contributed by atoms with E-state index >= 15 is 0 Å². The van der Waals surface area contributed by atoms with Crippen molar-refractivity contribution in [1.29, 1.82) is 0 Å². The van der Waals surface area contributed by atoms with Crippen LogP contribution in [0.5, 0.6) is 0 Å². The van der Waals surface area contributed by atoms with E-state index in [0.717, 1.165) is 41.0 Å². The highest BCUT2D eigenvalue weighted by Crippen LogP contribution is 2.25. The number of carbonyl (C=O) groups excluding carboxylic acids is 3. The highest BCUT2D eigenvalue weighted by molar-refractivity contribution is 7.13. The number of carbonyl (C=O) groups is 3. The second-order valence-electron chi connectivity index (χ2n) is 9.79. The smallest absolute Gasteiger partial charge is 0.409 e. The lowest BCUT2D eigenvalue weighted by molar-refractivity contribution is 0.0564. The number of benzene rings is 1. The van der Waals surface area contributed by atoms with Gasteiger partial charge in [-0.25, -0.2) is 9.78 Å². The number of rotatable bonds is 7. The fraction of sp³-hybridized carbons (Fsp3) is 0.462. The van der Waals surface area contributed by atoms with E-state index in [1.54, 1.807) is 18.2 Å². The summed E-state index contributed by atoms with van der Waals surface area (Å²) in [5.74, 6) is -0.633. The maximum Gasteiger partial charge on any atom is 0.409 e. The third-order valence-electron chi connectivity index (χ3n) is 6.96. The van der Waals surface area contributed by atoms with E-state index in [2.05, 4.69) is 25.5 Å². The minimum Gasteiger partial charge on any atom is -0.447 e. The van der Waals surface area contributed by atoms with E-state index in [-0.39, 0.29) is 44.0 Å². The van der Waals surface area contributed by atoms with Gasteiger partial charge in [0, 0.05) is 60.5 Å². The monoisotopic (exact) mass is 610 g/mol. The highest BCUT2D eigenvalue weighted by Gasteiger charge is 2.35. The predicted molar refractivity (Wildman–Crippen MR) is 155 cm³/mol. The van der Waals surface area contributed by atoms with Crippen LogP contribution in [0.2, 0.25) is 5.02 Å². The van der Waals surface area contributed by atoms with Gasteiger partial charge < -0.3 is 34.9 Å². The van der Waals surface area contributed by atoms with E-state index in [1.165, 1.54) is 23.3 Å². The molecule has 5 rings (SSSR count). The SMILES string of the molecule is COCCOC(=O)N1CCC(NC(=O)c2cc3cc(Cl)ccc3[nH]2)C(NC(=O)c2nc3c(s2)CN(C)CC3)C1.Cl. The quantitative estimate of drug-likeness (QED) is 0.351. The van der Waals surface area contributed by atoms with E-state index in [9.17, 15) is 14.4 Å². The number of likely N-dealkylation sites (tertiary alicyclic amines) is 1. The van der Waals surface area contributed by atoms with Crippen LogP contribution in [-0.4, -0.2) is 96.8 Å². The summed E-state index contributed by atoms with van der Waals surface area (Å²) in [6.45, 7) is 2.63. The topological polar surface area (TPSA) is 129 Å². The number of aromatic amines is 1. The molecule has 2 aliphatic heterocycles. The molecule has 40 heavy (non-hydrogen) atoms. The Morgan fingerprint density at radius 1 is 1.15 bits per heavy atom. The molecule has 3 amide bonds. The van der Waals surface area contributed by atoms with Gasteiger partial charge in [0.1, 0.15) is 12.3 Å². The summed E-state index contributed by atoms with van der Waals surface area (Å²) in [5, 5.41) is 7.86. The number of methoxy groups -OCH3 is 1. The molecule has 0 bridgehead atoms. The first-order valence-electron chi connectivity index (χ1n) is 12.8. The summed E-state index contributed by atoms with van der Waals surface area (Å²) >= 11 is 7.47. The first-order valence-corrected chi connectivity index (χ1v) is 14.0. The Hall–Kier alpha value is -2.90. The fourth-order valence-electron chi connectivity index (χ4n) is 4.86. The Labute approximate surface area is 246 Å². The lowest BCUT2D eigenvalue weighted by Crippen LogP contribution is -2.61. The van der Waals surface area contributed by atoms with Crippen LogP contribution in [-0.2, 0) is 22.4 Å². The Morgan fingerprint density at radius 2 is 1.95 bits per heavy atom. The molecule has 14 heteroatoms. The number of ether oxygens (including phenoxy) is 2. The summed E-state index contributed by atoms with van der Waals surface area (Å²) < 4.78 is 10.2. The molecule has 0 aliphatic carbocycles. The van der Waals surface area contributed by atoms with Gasteiger partial charge in [0.15, 0.2) is 5.01 Å². The molecule has 0 radical (unpaired) electrons. The van der Waals surface area contributed by atoms with Gasteiger partial charge in [-0.2, -0.15) is 0 Å². The molecule has 2 aliphatic rings. The second-order valence-corrected chi connectivity index (χ2v) is 11.3. The van der Waals surface area contributed by atoms with Crippen molar-refractivity contribution in [3.05, 3.63) is 50.6 Å². The number of nitrogens with zero attached hydrogens (tertiary/aromatic N) is 3. The van der Waals surface area contributed by atoms with Gasteiger partial charge in [-0.05, 0) is 37.7 Å². The van der Waals surface area contributed by atoms with Crippen LogP contribution in [0.25, 0.3) is 10.9 Å². The number of thiazole rings is 1. The van der Waals surface area contributed by atoms with Crippen LogP contribution in [0.3, 0.4) is 0 Å². The molecule has 1 saturated heterocycles. The van der Waals surface area contributed by atoms with Crippen LogP contribution >= 0.6 is 35.3 Å². The molecule has 4 heterocycles. The van der Waals surface area contributed by atoms with Gasteiger partial charge in [-0.3, -0.25) is 9.59 Å². The van der Waals surface area contributed by atoms with E-state index in [4.69, 9.17) is 21.1 Å². The van der Waals surface area contributed by atoms with Crippen molar-refractivity contribution in [2.75, 3.05) is 47.0 Å². The van der Waals surface area contributed by atoms with E-state index in [1.807, 2.05) is 13.1 Å². The van der Waals surface area contributed by atoms with Gasteiger partial charge in [0.05, 0.1) is 24.4 Å². The van der Waals surface area contributed by atoms with Crippen molar-refractivity contribution in [2.24, 2.45) is 0 Å².